The molecule has 0 bridgehead atoms. The van der Waals surface area contributed by atoms with Crippen LogP contribution in [-0.4, -0.2) is 11.7 Å². The van der Waals surface area contributed by atoms with Crippen LogP contribution in [0, 0.1) is 5.41 Å². The van der Waals surface area contributed by atoms with E-state index in [1.54, 1.807) is 24.3 Å². The monoisotopic (exact) mass is 320 g/mol. The topological polar surface area (TPSA) is 102 Å². The molecule has 2 heterocycles. The van der Waals surface area contributed by atoms with Crippen molar-refractivity contribution in [3.8, 4) is 0 Å². The van der Waals surface area contributed by atoms with Crippen LogP contribution in [0.4, 0.5) is 0 Å². The molecular weight excluding hydrogens is 315 g/mol. The van der Waals surface area contributed by atoms with Gasteiger partial charge in [0.15, 0.2) is 5.84 Å². The summed E-state index contributed by atoms with van der Waals surface area (Å²) in [6.07, 6.45) is 0. The van der Waals surface area contributed by atoms with E-state index in [4.69, 9.17) is 28.6 Å². The van der Waals surface area contributed by atoms with Crippen molar-refractivity contribution in [3.63, 3.8) is 0 Å². The number of rotatable bonds is 0. The molecule has 0 aliphatic carbocycles. The minimum atomic E-state index is -0.579. The van der Waals surface area contributed by atoms with Gasteiger partial charge in [0.2, 0.25) is 0 Å². The van der Waals surface area contributed by atoms with Crippen molar-refractivity contribution in [2.24, 2.45) is 20.6 Å². The smallest absolute Gasteiger partial charge is 0.281 e. The summed E-state index contributed by atoms with van der Waals surface area (Å²) in [6.45, 7) is 0. The lowest BCUT2D eigenvalue weighted by molar-refractivity contribution is -0.112. The fourth-order valence-corrected chi connectivity index (χ4v) is 2.24. The number of hydrogen-bond donors (Lipinski definition) is 2. The zero-order chi connectivity index (χ0) is 15.0. The first kappa shape index (κ1) is 13.6. The zero-order valence-electron chi connectivity index (χ0n) is 10.3. The maximum atomic E-state index is 11.8. The quantitative estimate of drug-likeness (QED) is 0.708. The van der Waals surface area contributed by atoms with Gasteiger partial charge in [-0.05, 0) is 0 Å². The predicted molar refractivity (Wildman–Crippen MR) is 76.8 cm³/mol. The van der Waals surface area contributed by atoms with Crippen LogP contribution in [0.5, 0.6) is 0 Å². The Kier molecular flexibility index (Phi) is 3.36. The summed E-state index contributed by atoms with van der Waals surface area (Å²) in [4.78, 5) is 11.8. The number of azo groups is 1. The predicted octanol–water partition coefficient (Wildman–Crippen LogP) is 1.53. The van der Waals surface area contributed by atoms with Gasteiger partial charge in [0.05, 0.1) is 5.57 Å². The van der Waals surface area contributed by atoms with E-state index in [-0.39, 0.29) is 21.6 Å². The summed E-state index contributed by atoms with van der Waals surface area (Å²) < 4.78 is 0. The second-order valence-corrected chi connectivity index (χ2v) is 4.82. The molecule has 1 amide bonds. The van der Waals surface area contributed by atoms with Gasteiger partial charge in [0.1, 0.15) is 15.9 Å². The minimum Gasteiger partial charge on any atom is -0.281 e. The van der Waals surface area contributed by atoms with Crippen molar-refractivity contribution in [2.45, 2.75) is 0 Å². The SMILES string of the molecule is N=C1N=NC(=O)C1=c1ccccc1=C1N=NNC(Cl)=C1Cl. The molecule has 0 unspecified atom stereocenters. The normalized spacial score (nSPS) is 23.0. The third kappa shape index (κ3) is 2.26. The first-order chi connectivity index (χ1) is 10.1. The first-order valence-electron chi connectivity index (χ1n) is 5.70. The van der Waals surface area contributed by atoms with Crippen molar-refractivity contribution in [1.29, 1.82) is 5.41 Å². The Morgan fingerprint density at radius 2 is 1.76 bits per heavy atom. The van der Waals surface area contributed by atoms with Gasteiger partial charge in [-0.15, -0.1) is 15.3 Å². The number of halogens is 2. The van der Waals surface area contributed by atoms with Crippen molar-refractivity contribution >= 4 is 46.2 Å². The Labute approximate surface area is 127 Å². The van der Waals surface area contributed by atoms with E-state index < -0.39 is 5.91 Å². The van der Waals surface area contributed by atoms with Gasteiger partial charge in [-0.2, -0.15) is 0 Å². The Hall–Kier alpha value is -2.38. The second kappa shape index (κ2) is 5.19. The molecule has 0 spiro atoms. The minimum absolute atomic E-state index is 0.0902. The molecule has 1 aromatic carbocycles. The lowest BCUT2D eigenvalue weighted by Gasteiger charge is -2.08. The van der Waals surface area contributed by atoms with Gasteiger partial charge in [-0.3, -0.25) is 10.2 Å². The zero-order valence-corrected chi connectivity index (χ0v) is 11.8. The molecule has 0 radical (unpaired) electrons. The van der Waals surface area contributed by atoms with E-state index in [2.05, 4.69) is 26.0 Å². The van der Waals surface area contributed by atoms with Crippen LogP contribution in [0.15, 0.2) is 55.0 Å². The molecule has 0 aromatic heterocycles. The molecule has 0 saturated heterocycles. The number of nitrogens with one attached hydrogen (secondary N) is 2. The largest absolute Gasteiger partial charge is 0.299 e. The average Bonchev–Trinajstić information content (AvgIpc) is 2.81. The number of hydrogen-bond acceptors (Lipinski definition) is 5. The third-order valence-corrected chi connectivity index (χ3v) is 3.58. The lowest BCUT2D eigenvalue weighted by Crippen LogP contribution is -2.32. The molecule has 2 aliphatic rings. The van der Waals surface area contributed by atoms with Gasteiger partial charge >= 0.3 is 0 Å². The fourth-order valence-electron chi connectivity index (χ4n) is 1.94. The molecule has 104 valence electrons. The summed E-state index contributed by atoms with van der Waals surface area (Å²) >= 11 is 12.0. The molecular formula is C12H6Cl2N6O. The van der Waals surface area contributed by atoms with Crippen LogP contribution < -0.4 is 15.9 Å². The Morgan fingerprint density at radius 1 is 1.05 bits per heavy atom. The van der Waals surface area contributed by atoms with E-state index in [9.17, 15) is 4.79 Å². The molecule has 2 N–H and O–H groups in total. The van der Waals surface area contributed by atoms with E-state index in [1.807, 2.05) is 0 Å². The Morgan fingerprint density at radius 3 is 2.43 bits per heavy atom. The van der Waals surface area contributed by atoms with Gasteiger partial charge in [0, 0.05) is 10.4 Å². The number of amidine groups is 1. The standard InChI is InChI=1S/C12H6Cl2N6O/c13-8-9(16-20-17-10(8)14)6-4-2-1-3-5(6)7-11(15)18-19-12(7)21/h1-4,15H,(H,16,17). The molecule has 2 aliphatic heterocycles. The number of nitrogens with zero attached hydrogens (tertiary/aromatic N) is 4. The van der Waals surface area contributed by atoms with Crippen LogP contribution in [0.1, 0.15) is 0 Å². The highest BCUT2D eigenvalue weighted by atomic mass is 35.5. The fraction of sp³-hybridized carbons (Fsp3) is 0. The van der Waals surface area contributed by atoms with Crippen LogP contribution in [0.3, 0.4) is 0 Å². The molecule has 21 heavy (non-hydrogen) atoms. The molecule has 1 aromatic rings. The molecule has 9 heteroatoms. The summed E-state index contributed by atoms with van der Waals surface area (Å²) in [5.41, 5.74) is 2.83. The lowest BCUT2D eigenvalue weighted by atomic mass is 10.1. The molecule has 7 nitrogen and oxygen atoms in total. The van der Waals surface area contributed by atoms with E-state index in [0.717, 1.165) is 0 Å². The van der Waals surface area contributed by atoms with Crippen LogP contribution in [0.25, 0.3) is 11.3 Å². The summed E-state index contributed by atoms with van der Waals surface area (Å²) in [5, 5.41) is 23.4. The highest BCUT2D eigenvalue weighted by molar-refractivity contribution is 6.44. The summed E-state index contributed by atoms with van der Waals surface area (Å²) in [7, 11) is 0. The molecule has 0 fully saturated rings. The van der Waals surface area contributed by atoms with E-state index in [0.29, 0.717) is 16.1 Å². The van der Waals surface area contributed by atoms with Gasteiger partial charge in [0.25, 0.3) is 5.91 Å². The highest BCUT2D eigenvalue weighted by Crippen LogP contribution is 2.24. The van der Waals surface area contributed by atoms with E-state index in [1.165, 1.54) is 0 Å². The Balaban J connectivity index is 2.47. The molecule has 0 atom stereocenters. The van der Waals surface area contributed by atoms with Crippen molar-refractivity contribution in [3.05, 3.63) is 44.9 Å². The number of benzene rings is 1. The average molecular weight is 321 g/mol. The first-order valence-corrected chi connectivity index (χ1v) is 6.46. The number of carbonyl (C=O) groups is 1. The molecule has 0 saturated carbocycles. The van der Waals surface area contributed by atoms with Crippen LogP contribution in [0.2, 0.25) is 0 Å². The summed E-state index contributed by atoms with van der Waals surface area (Å²) in [5.74, 6) is -0.782. The van der Waals surface area contributed by atoms with Gasteiger partial charge in [-0.1, -0.05) is 52.7 Å². The van der Waals surface area contributed by atoms with Crippen LogP contribution in [-0.2, 0) is 4.79 Å². The van der Waals surface area contributed by atoms with Gasteiger partial charge < -0.3 is 0 Å². The van der Waals surface area contributed by atoms with E-state index >= 15 is 0 Å². The maximum Gasteiger partial charge on any atom is 0.299 e. The third-order valence-electron chi connectivity index (χ3n) is 2.84. The Bertz CT molecular complexity index is 863. The highest BCUT2D eigenvalue weighted by Gasteiger charge is 2.23. The van der Waals surface area contributed by atoms with Crippen LogP contribution >= 0.6 is 23.2 Å². The number of carbonyl (C=O) groups excluding carboxylic acids is 1. The number of amides is 1. The molecule has 3 rings (SSSR count). The van der Waals surface area contributed by atoms with Crippen molar-refractivity contribution in [2.75, 3.05) is 0 Å². The maximum absolute atomic E-state index is 11.8. The van der Waals surface area contributed by atoms with Crippen molar-refractivity contribution in [1.82, 2.24) is 5.43 Å². The van der Waals surface area contributed by atoms with Crippen molar-refractivity contribution < 1.29 is 4.79 Å². The second-order valence-electron chi connectivity index (χ2n) is 4.06. The summed E-state index contributed by atoms with van der Waals surface area (Å²) in [6, 6.07) is 6.84. The van der Waals surface area contributed by atoms with Gasteiger partial charge in [-0.25, -0.2) is 5.43 Å².